The van der Waals surface area contributed by atoms with Crippen molar-refractivity contribution in [2.24, 2.45) is 0 Å². The van der Waals surface area contributed by atoms with Gasteiger partial charge in [-0.25, -0.2) is 0 Å². The van der Waals surface area contributed by atoms with E-state index in [0.29, 0.717) is 6.04 Å². The summed E-state index contributed by atoms with van der Waals surface area (Å²) < 4.78 is 0. The molecule has 0 radical (unpaired) electrons. The lowest BCUT2D eigenvalue weighted by atomic mass is 10.2. The van der Waals surface area contributed by atoms with Crippen molar-refractivity contribution in [3.8, 4) is 0 Å². The van der Waals surface area contributed by atoms with E-state index in [0.717, 1.165) is 19.6 Å². The molecule has 0 saturated carbocycles. The fourth-order valence-corrected chi connectivity index (χ4v) is 2.11. The quantitative estimate of drug-likeness (QED) is 0.685. The van der Waals surface area contributed by atoms with Crippen molar-refractivity contribution >= 4 is 0 Å². The molecule has 94 valence electrons. The lowest BCUT2D eigenvalue weighted by molar-refractivity contribution is 0.115. The van der Waals surface area contributed by atoms with Crippen molar-refractivity contribution in [3.05, 3.63) is 12.2 Å². The van der Waals surface area contributed by atoms with Crippen LogP contribution >= 0.6 is 0 Å². The van der Waals surface area contributed by atoms with Gasteiger partial charge in [-0.15, -0.1) is 0 Å². The second-order valence-electron chi connectivity index (χ2n) is 4.94. The SMILES string of the molecule is C=C(CNCC)CN1CCN(C(C)C)CC1. The smallest absolute Gasteiger partial charge is 0.0203 e. The first kappa shape index (κ1) is 13.7. The first-order valence-electron chi connectivity index (χ1n) is 6.47. The summed E-state index contributed by atoms with van der Waals surface area (Å²) in [7, 11) is 0. The van der Waals surface area contributed by atoms with Crippen LogP contribution in [0.2, 0.25) is 0 Å². The van der Waals surface area contributed by atoms with Gasteiger partial charge in [-0.1, -0.05) is 13.5 Å². The molecular formula is C13H27N3. The molecule has 3 heteroatoms. The van der Waals surface area contributed by atoms with Crippen LogP contribution in [-0.2, 0) is 0 Å². The van der Waals surface area contributed by atoms with Gasteiger partial charge in [-0.2, -0.15) is 0 Å². The van der Waals surface area contributed by atoms with Crippen molar-refractivity contribution in [1.29, 1.82) is 0 Å². The Morgan fingerprint density at radius 3 is 2.38 bits per heavy atom. The van der Waals surface area contributed by atoms with E-state index in [4.69, 9.17) is 0 Å². The summed E-state index contributed by atoms with van der Waals surface area (Å²) in [6.07, 6.45) is 0. The maximum absolute atomic E-state index is 4.12. The largest absolute Gasteiger partial charge is 0.313 e. The first-order valence-corrected chi connectivity index (χ1v) is 6.47. The second kappa shape index (κ2) is 7.05. The Labute approximate surface area is 100 Å². The molecule has 1 aliphatic heterocycles. The van der Waals surface area contributed by atoms with E-state index in [2.05, 4.69) is 42.5 Å². The number of nitrogens with zero attached hydrogens (tertiary/aromatic N) is 2. The summed E-state index contributed by atoms with van der Waals surface area (Å²) in [5.41, 5.74) is 1.31. The summed E-state index contributed by atoms with van der Waals surface area (Å²) in [5.74, 6) is 0. The molecule has 0 spiro atoms. The molecule has 3 nitrogen and oxygen atoms in total. The van der Waals surface area contributed by atoms with Gasteiger partial charge in [0, 0.05) is 45.3 Å². The molecule has 0 atom stereocenters. The molecule has 0 aromatic heterocycles. The normalized spacial score (nSPS) is 19.2. The fraction of sp³-hybridized carbons (Fsp3) is 0.846. The maximum atomic E-state index is 4.12. The molecule has 1 fully saturated rings. The van der Waals surface area contributed by atoms with Crippen LogP contribution in [0.4, 0.5) is 0 Å². The van der Waals surface area contributed by atoms with Crippen molar-refractivity contribution in [3.63, 3.8) is 0 Å². The van der Waals surface area contributed by atoms with Crippen LogP contribution in [-0.4, -0.2) is 61.7 Å². The van der Waals surface area contributed by atoms with Crippen molar-refractivity contribution in [1.82, 2.24) is 15.1 Å². The zero-order chi connectivity index (χ0) is 12.0. The van der Waals surface area contributed by atoms with Crippen molar-refractivity contribution < 1.29 is 0 Å². The Morgan fingerprint density at radius 1 is 1.25 bits per heavy atom. The van der Waals surface area contributed by atoms with Crippen molar-refractivity contribution in [2.75, 3.05) is 45.8 Å². The van der Waals surface area contributed by atoms with E-state index in [9.17, 15) is 0 Å². The van der Waals surface area contributed by atoms with Gasteiger partial charge in [0.25, 0.3) is 0 Å². The van der Waals surface area contributed by atoms with Crippen LogP contribution in [0.5, 0.6) is 0 Å². The highest BCUT2D eigenvalue weighted by molar-refractivity contribution is 5.00. The molecule has 1 aliphatic rings. The number of hydrogen-bond acceptors (Lipinski definition) is 3. The Morgan fingerprint density at radius 2 is 1.88 bits per heavy atom. The number of nitrogens with one attached hydrogen (secondary N) is 1. The Bertz CT molecular complexity index is 205. The van der Waals surface area contributed by atoms with Gasteiger partial charge < -0.3 is 5.32 Å². The van der Waals surface area contributed by atoms with E-state index < -0.39 is 0 Å². The van der Waals surface area contributed by atoms with Gasteiger partial charge in [0.2, 0.25) is 0 Å². The fourth-order valence-electron chi connectivity index (χ4n) is 2.11. The zero-order valence-corrected chi connectivity index (χ0v) is 11.1. The summed E-state index contributed by atoms with van der Waals surface area (Å²) in [4.78, 5) is 5.06. The molecule has 0 amide bonds. The third-order valence-electron chi connectivity index (χ3n) is 3.21. The molecular weight excluding hydrogens is 198 g/mol. The predicted molar refractivity (Wildman–Crippen MR) is 70.8 cm³/mol. The number of likely N-dealkylation sites (N-methyl/N-ethyl adjacent to an activating group) is 1. The molecule has 1 rings (SSSR count). The molecule has 1 heterocycles. The summed E-state index contributed by atoms with van der Waals surface area (Å²) >= 11 is 0. The van der Waals surface area contributed by atoms with Crippen LogP contribution in [0.1, 0.15) is 20.8 Å². The van der Waals surface area contributed by atoms with E-state index in [1.54, 1.807) is 0 Å². The average molecular weight is 225 g/mol. The van der Waals surface area contributed by atoms with Gasteiger partial charge in [0.1, 0.15) is 0 Å². The number of hydrogen-bond donors (Lipinski definition) is 1. The maximum Gasteiger partial charge on any atom is 0.0203 e. The van der Waals surface area contributed by atoms with Crippen LogP contribution < -0.4 is 5.32 Å². The van der Waals surface area contributed by atoms with E-state index >= 15 is 0 Å². The number of piperazine rings is 1. The predicted octanol–water partition coefficient (Wildman–Crippen LogP) is 1.18. The van der Waals surface area contributed by atoms with Crippen molar-refractivity contribution in [2.45, 2.75) is 26.8 Å². The van der Waals surface area contributed by atoms with Gasteiger partial charge in [0.05, 0.1) is 0 Å². The monoisotopic (exact) mass is 225 g/mol. The van der Waals surface area contributed by atoms with Crippen LogP contribution in [0.3, 0.4) is 0 Å². The molecule has 0 aromatic carbocycles. The van der Waals surface area contributed by atoms with Crippen LogP contribution in [0, 0.1) is 0 Å². The Balaban J connectivity index is 2.19. The lowest BCUT2D eigenvalue weighted by Crippen LogP contribution is -2.49. The molecule has 0 bridgehead atoms. The van der Waals surface area contributed by atoms with Gasteiger partial charge in [0.15, 0.2) is 0 Å². The van der Waals surface area contributed by atoms with Crippen LogP contribution in [0.15, 0.2) is 12.2 Å². The standard InChI is InChI=1S/C13H27N3/c1-5-14-10-13(4)11-15-6-8-16(9-7-15)12(2)3/h12,14H,4-11H2,1-3H3. The minimum absolute atomic E-state index is 0.687. The Hall–Kier alpha value is -0.380. The number of rotatable bonds is 6. The first-order chi connectivity index (χ1) is 7.63. The highest BCUT2D eigenvalue weighted by atomic mass is 15.3. The second-order valence-corrected chi connectivity index (χ2v) is 4.94. The third kappa shape index (κ3) is 4.64. The van der Waals surface area contributed by atoms with Gasteiger partial charge >= 0.3 is 0 Å². The topological polar surface area (TPSA) is 18.5 Å². The summed E-state index contributed by atoms with van der Waals surface area (Å²) in [5, 5.41) is 3.33. The zero-order valence-electron chi connectivity index (χ0n) is 11.1. The highest BCUT2D eigenvalue weighted by Crippen LogP contribution is 2.07. The van der Waals surface area contributed by atoms with E-state index in [1.807, 2.05) is 0 Å². The lowest BCUT2D eigenvalue weighted by Gasteiger charge is -2.37. The summed E-state index contributed by atoms with van der Waals surface area (Å²) in [6.45, 7) is 18.6. The van der Waals surface area contributed by atoms with E-state index in [-0.39, 0.29) is 0 Å². The summed E-state index contributed by atoms with van der Waals surface area (Å²) in [6, 6.07) is 0.687. The molecule has 1 N–H and O–H groups in total. The molecule has 0 aliphatic carbocycles. The minimum atomic E-state index is 0.687. The minimum Gasteiger partial charge on any atom is -0.313 e. The average Bonchev–Trinajstić information content (AvgIpc) is 2.27. The Kier molecular flexibility index (Phi) is 6.03. The molecule has 0 aromatic rings. The van der Waals surface area contributed by atoms with Gasteiger partial charge in [-0.3, -0.25) is 9.80 Å². The van der Waals surface area contributed by atoms with Crippen LogP contribution in [0.25, 0.3) is 0 Å². The molecule has 16 heavy (non-hydrogen) atoms. The molecule has 0 unspecified atom stereocenters. The van der Waals surface area contributed by atoms with Gasteiger partial charge in [-0.05, 0) is 26.0 Å². The van der Waals surface area contributed by atoms with E-state index in [1.165, 1.54) is 31.8 Å². The third-order valence-corrected chi connectivity index (χ3v) is 3.21. The molecule has 1 saturated heterocycles. The highest BCUT2D eigenvalue weighted by Gasteiger charge is 2.18.